The topological polar surface area (TPSA) is 29.5 Å². The third-order valence-corrected chi connectivity index (χ3v) is 3.18. The van der Waals surface area contributed by atoms with E-state index in [9.17, 15) is 5.11 Å². The zero-order chi connectivity index (χ0) is 8.77. The molecule has 2 aliphatic rings. The van der Waals surface area contributed by atoms with E-state index >= 15 is 0 Å². The lowest BCUT2D eigenvalue weighted by molar-refractivity contribution is -0.0838. The lowest BCUT2D eigenvalue weighted by Gasteiger charge is -2.32. The van der Waals surface area contributed by atoms with E-state index < -0.39 is 6.29 Å². The van der Waals surface area contributed by atoms with E-state index in [-0.39, 0.29) is 5.41 Å². The van der Waals surface area contributed by atoms with E-state index in [2.05, 4.69) is 19.9 Å². The molecule has 2 nitrogen and oxygen atoms in total. The van der Waals surface area contributed by atoms with Crippen LogP contribution in [-0.2, 0) is 4.74 Å². The van der Waals surface area contributed by atoms with Gasteiger partial charge in [-0.25, -0.2) is 0 Å². The second kappa shape index (κ2) is 2.57. The van der Waals surface area contributed by atoms with Gasteiger partial charge in [-0.05, 0) is 19.8 Å². The second-order valence-electron chi connectivity index (χ2n) is 4.34. The SMILES string of the molecule is CC1=CC2(C)COC(O)C2CC1. The molecule has 3 atom stereocenters. The van der Waals surface area contributed by atoms with Crippen LogP contribution in [0.3, 0.4) is 0 Å². The summed E-state index contributed by atoms with van der Waals surface area (Å²) in [4.78, 5) is 0. The van der Waals surface area contributed by atoms with Gasteiger partial charge in [0, 0.05) is 11.3 Å². The standard InChI is InChI=1S/C10H16O2/c1-7-3-4-8-9(11)12-6-10(8,2)5-7/h5,8-9,11H,3-4,6H2,1-2H3. The molecule has 12 heavy (non-hydrogen) atoms. The van der Waals surface area contributed by atoms with E-state index in [4.69, 9.17) is 4.74 Å². The van der Waals surface area contributed by atoms with Crippen LogP contribution in [0.2, 0.25) is 0 Å². The van der Waals surface area contributed by atoms with Crippen LogP contribution < -0.4 is 0 Å². The lowest BCUT2D eigenvalue weighted by atomic mass is 9.71. The number of fused-ring (bicyclic) bond motifs is 1. The first-order valence-corrected chi connectivity index (χ1v) is 4.60. The molecule has 2 heteroatoms. The predicted octanol–water partition coefficient (Wildman–Crippen LogP) is 1.70. The molecule has 1 saturated heterocycles. The van der Waals surface area contributed by atoms with Gasteiger partial charge in [0.15, 0.2) is 6.29 Å². The molecule has 68 valence electrons. The van der Waals surface area contributed by atoms with E-state index in [0.717, 1.165) is 12.8 Å². The molecule has 1 heterocycles. The number of hydrogen-bond acceptors (Lipinski definition) is 2. The van der Waals surface area contributed by atoms with Crippen LogP contribution in [0.1, 0.15) is 26.7 Å². The van der Waals surface area contributed by atoms with Crippen LogP contribution in [0, 0.1) is 11.3 Å². The molecule has 0 saturated carbocycles. The van der Waals surface area contributed by atoms with Gasteiger partial charge in [-0.15, -0.1) is 0 Å². The average molecular weight is 168 g/mol. The highest BCUT2D eigenvalue weighted by atomic mass is 16.6. The molecular weight excluding hydrogens is 152 g/mol. The molecular formula is C10H16O2. The van der Waals surface area contributed by atoms with E-state index in [1.165, 1.54) is 5.57 Å². The maximum atomic E-state index is 9.52. The Bertz CT molecular complexity index is 222. The van der Waals surface area contributed by atoms with Gasteiger partial charge in [0.2, 0.25) is 0 Å². The van der Waals surface area contributed by atoms with Crippen LogP contribution in [0.25, 0.3) is 0 Å². The van der Waals surface area contributed by atoms with Crippen LogP contribution in [0.5, 0.6) is 0 Å². The number of rotatable bonds is 0. The smallest absolute Gasteiger partial charge is 0.158 e. The Morgan fingerprint density at radius 3 is 3.17 bits per heavy atom. The van der Waals surface area contributed by atoms with Crippen LogP contribution in [0.4, 0.5) is 0 Å². The van der Waals surface area contributed by atoms with Gasteiger partial charge in [-0.2, -0.15) is 0 Å². The van der Waals surface area contributed by atoms with Crippen molar-refractivity contribution in [2.45, 2.75) is 33.0 Å². The summed E-state index contributed by atoms with van der Waals surface area (Å²) in [6, 6.07) is 0. The summed E-state index contributed by atoms with van der Waals surface area (Å²) in [6.07, 6.45) is 3.93. The van der Waals surface area contributed by atoms with Crippen LogP contribution in [-0.4, -0.2) is 18.0 Å². The number of aliphatic hydroxyl groups excluding tert-OH is 1. The molecule has 0 amide bonds. The minimum Gasteiger partial charge on any atom is -0.368 e. The molecule has 1 N–H and O–H groups in total. The highest BCUT2D eigenvalue weighted by Crippen LogP contribution is 2.45. The minimum absolute atomic E-state index is 0.0990. The van der Waals surface area contributed by atoms with Gasteiger partial charge >= 0.3 is 0 Å². The first kappa shape index (κ1) is 8.27. The van der Waals surface area contributed by atoms with Crippen molar-refractivity contribution in [2.75, 3.05) is 6.61 Å². The molecule has 0 aromatic heterocycles. The Labute approximate surface area is 73.2 Å². The van der Waals surface area contributed by atoms with E-state index in [1.807, 2.05) is 0 Å². The van der Waals surface area contributed by atoms with Gasteiger partial charge in [-0.3, -0.25) is 0 Å². The summed E-state index contributed by atoms with van der Waals surface area (Å²) < 4.78 is 5.26. The van der Waals surface area contributed by atoms with Crippen molar-refractivity contribution in [2.24, 2.45) is 11.3 Å². The largest absolute Gasteiger partial charge is 0.368 e. The Morgan fingerprint density at radius 1 is 1.67 bits per heavy atom. The molecule has 1 aliphatic heterocycles. The normalized spacial score (nSPS) is 47.1. The third kappa shape index (κ3) is 1.10. The number of hydrogen-bond donors (Lipinski definition) is 1. The number of ether oxygens (including phenoxy) is 1. The van der Waals surface area contributed by atoms with Crippen molar-refractivity contribution in [3.8, 4) is 0 Å². The Hall–Kier alpha value is -0.340. The fourth-order valence-corrected chi connectivity index (χ4v) is 2.45. The quantitative estimate of drug-likeness (QED) is 0.558. The molecule has 0 aromatic carbocycles. The van der Waals surface area contributed by atoms with Crippen molar-refractivity contribution in [1.29, 1.82) is 0 Å². The molecule has 3 unspecified atom stereocenters. The zero-order valence-corrected chi connectivity index (χ0v) is 7.71. The Balaban J connectivity index is 2.28. The zero-order valence-electron chi connectivity index (χ0n) is 7.71. The lowest BCUT2D eigenvalue weighted by Crippen LogP contribution is -2.30. The van der Waals surface area contributed by atoms with Gasteiger partial charge in [0.1, 0.15) is 0 Å². The average Bonchev–Trinajstić information content (AvgIpc) is 2.27. The molecule has 2 rings (SSSR count). The fraction of sp³-hybridized carbons (Fsp3) is 0.800. The summed E-state index contributed by atoms with van der Waals surface area (Å²) in [7, 11) is 0. The third-order valence-electron chi connectivity index (χ3n) is 3.18. The van der Waals surface area contributed by atoms with Gasteiger partial charge in [0.25, 0.3) is 0 Å². The number of allylic oxidation sites excluding steroid dienone is 1. The molecule has 0 spiro atoms. The van der Waals surface area contributed by atoms with Crippen molar-refractivity contribution < 1.29 is 9.84 Å². The summed E-state index contributed by atoms with van der Waals surface area (Å²) in [5.74, 6) is 0.321. The summed E-state index contributed by atoms with van der Waals surface area (Å²) >= 11 is 0. The van der Waals surface area contributed by atoms with Crippen molar-refractivity contribution in [3.05, 3.63) is 11.6 Å². The van der Waals surface area contributed by atoms with E-state index in [1.54, 1.807) is 0 Å². The van der Waals surface area contributed by atoms with Gasteiger partial charge in [-0.1, -0.05) is 18.6 Å². The molecule has 1 fully saturated rings. The van der Waals surface area contributed by atoms with Gasteiger partial charge < -0.3 is 9.84 Å². The van der Waals surface area contributed by atoms with Crippen molar-refractivity contribution in [3.63, 3.8) is 0 Å². The molecule has 0 bridgehead atoms. The highest BCUT2D eigenvalue weighted by molar-refractivity contribution is 5.15. The second-order valence-corrected chi connectivity index (χ2v) is 4.34. The monoisotopic (exact) mass is 168 g/mol. The maximum absolute atomic E-state index is 9.52. The van der Waals surface area contributed by atoms with Crippen molar-refractivity contribution >= 4 is 0 Å². The fourth-order valence-electron chi connectivity index (χ4n) is 2.45. The predicted molar refractivity (Wildman–Crippen MR) is 46.5 cm³/mol. The van der Waals surface area contributed by atoms with Crippen molar-refractivity contribution in [1.82, 2.24) is 0 Å². The maximum Gasteiger partial charge on any atom is 0.158 e. The van der Waals surface area contributed by atoms with Crippen LogP contribution >= 0.6 is 0 Å². The summed E-state index contributed by atoms with van der Waals surface area (Å²) in [6.45, 7) is 5.01. The Kier molecular flexibility index (Phi) is 1.77. The molecule has 0 radical (unpaired) electrons. The minimum atomic E-state index is -0.528. The first-order valence-electron chi connectivity index (χ1n) is 4.60. The first-order chi connectivity index (χ1) is 5.62. The van der Waals surface area contributed by atoms with E-state index in [0.29, 0.717) is 12.5 Å². The molecule has 0 aromatic rings. The summed E-state index contributed by atoms with van der Waals surface area (Å²) in [5, 5.41) is 9.52. The highest BCUT2D eigenvalue weighted by Gasteiger charge is 2.45. The Morgan fingerprint density at radius 2 is 2.42 bits per heavy atom. The number of aliphatic hydroxyl groups is 1. The van der Waals surface area contributed by atoms with Crippen LogP contribution in [0.15, 0.2) is 11.6 Å². The molecule has 1 aliphatic carbocycles. The summed E-state index contributed by atoms with van der Waals surface area (Å²) in [5.41, 5.74) is 1.54. The van der Waals surface area contributed by atoms with Gasteiger partial charge in [0.05, 0.1) is 6.61 Å².